The molecule has 2 aromatic rings. The Morgan fingerprint density at radius 2 is 2.24 bits per heavy atom. The van der Waals surface area contributed by atoms with Gasteiger partial charge in [0.2, 0.25) is 0 Å². The fraction of sp³-hybridized carbons (Fsp3) is 0.438. The maximum atomic E-state index is 14.1. The van der Waals surface area contributed by atoms with Gasteiger partial charge in [-0.3, -0.25) is 0 Å². The van der Waals surface area contributed by atoms with Gasteiger partial charge >= 0.3 is 0 Å². The molecule has 0 bridgehead atoms. The molecule has 1 saturated carbocycles. The molecule has 1 aromatic carbocycles. The quantitative estimate of drug-likeness (QED) is 0.796. The minimum absolute atomic E-state index is 0.208. The van der Waals surface area contributed by atoms with Gasteiger partial charge < -0.3 is 10.1 Å². The van der Waals surface area contributed by atoms with Crippen molar-refractivity contribution >= 4 is 0 Å². The lowest BCUT2D eigenvalue weighted by Gasteiger charge is -2.11. The van der Waals surface area contributed by atoms with E-state index in [1.54, 1.807) is 17.9 Å². The third-order valence-electron chi connectivity index (χ3n) is 3.73. The molecule has 5 heteroatoms. The lowest BCUT2D eigenvalue weighted by molar-refractivity contribution is 0.199. The molecule has 0 spiro atoms. The minimum Gasteiger partial charge on any atom is -0.383 e. The van der Waals surface area contributed by atoms with Crippen LogP contribution in [-0.4, -0.2) is 30.0 Å². The Kier molecular flexibility index (Phi) is 4.31. The van der Waals surface area contributed by atoms with Crippen LogP contribution in [0.2, 0.25) is 0 Å². The zero-order chi connectivity index (χ0) is 14.7. The highest BCUT2D eigenvalue weighted by atomic mass is 19.1. The van der Waals surface area contributed by atoms with Crippen molar-refractivity contribution in [2.75, 3.05) is 20.3 Å². The van der Waals surface area contributed by atoms with Crippen LogP contribution in [0.5, 0.6) is 0 Å². The molecular weight excluding hydrogens is 269 g/mol. The van der Waals surface area contributed by atoms with Crippen LogP contribution in [0.1, 0.15) is 30.0 Å². The third kappa shape index (κ3) is 3.31. The summed E-state index contributed by atoms with van der Waals surface area (Å²) in [4.78, 5) is 0. The molecule has 0 unspecified atom stereocenters. The zero-order valence-electron chi connectivity index (χ0n) is 12.2. The SMILES string of the molecule is COCCNCc1c(F)cccc1-n1ccc(C2CC2)n1. The Labute approximate surface area is 123 Å². The maximum absolute atomic E-state index is 14.1. The van der Waals surface area contributed by atoms with Crippen LogP contribution >= 0.6 is 0 Å². The van der Waals surface area contributed by atoms with Crippen LogP contribution in [0.15, 0.2) is 30.5 Å². The third-order valence-corrected chi connectivity index (χ3v) is 3.73. The van der Waals surface area contributed by atoms with Crippen LogP contribution in [0.25, 0.3) is 5.69 Å². The Morgan fingerprint density at radius 1 is 1.38 bits per heavy atom. The summed E-state index contributed by atoms with van der Waals surface area (Å²) >= 11 is 0. The fourth-order valence-corrected chi connectivity index (χ4v) is 2.39. The molecular formula is C16H20FN3O. The van der Waals surface area contributed by atoms with Crippen molar-refractivity contribution in [2.45, 2.75) is 25.3 Å². The molecule has 1 aliphatic rings. The molecule has 1 fully saturated rings. The molecule has 1 aromatic heterocycles. The highest BCUT2D eigenvalue weighted by Gasteiger charge is 2.26. The van der Waals surface area contributed by atoms with Gasteiger partial charge in [0.25, 0.3) is 0 Å². The van der Waals surface area contributed by atoms with Gasteiger partial charge in [-0.1, -0.05) is 6.07 Å². The normalized spacial score (nSPS) is 14.6. The molecule has 1 aliphatic carbocycles. The van der Waals surface area contributed by atoms with Gasteiger partial charge in [-0.05, 0) is 31.0 Å². The molecule has 0 atom stereocenters. The van der Waals surface area contributed by atoms with E-state index in [1.165, 1.54) is 18.9 Å². The summed E-state index contributed by atoms with van der Waals surface area (Å²) in [6.07, 6.45) is 4.35. The number of halogens is 1. The van der Waals surface area contributed by atoms with E-state index >= 15 is 0 Å². The summed E-state index contributed by atoms with van der Waals surface area (Å²) in [6, 6.07) is 7.15. The number of nitrogens with zero attached hydrogens (tertiary/aromatic N) is 2. The van der Waals surface area contributed by atoms with E-state index < -0.39 is 0 Å². The summed E-state index contributed by atoms with van der Waals surface area (Å²) in [6.45, 7) is 1.76. The van der Waals surface area contributed by atoms with Gasteiger partial charge in [0.05, 0.1) is 18.0 Å². The van der Waals surface area contributed by atoms with Crippen LogP contribution < -0.4 is 5.32 Å². The zero-order valence-corrected chi connectivity index (χ0v) is 12.2. The second kappa shape index (κ2) is 6.37. The Balaban J connectivity index is 1.80. The van der Waals surface area contributed by atoms with Gasteiger partial charge in [-0.15, -0.1) is 0 Å². The molecule has 0 amide bonds. The average molecular weight is 289 g/mol. The number of ether oxygens (including phenoxy) is 1. The van der Waals surface area contributed by atoms with Crippen LogP contribution in [0.3, 0.4) is 0 Å². The first kappa shape index (κ1) is 14.2. The number of methoxy groups -OCH3 is 1. The Bertz CT molecular complexity index is 607. The summed E-state index contributed by atoms with van der Waals surface area (Å²) in [5, 5.41) is 7.78. The minimum atomic E-state index is -0.208. The van der Waals surface area contributed by atoms with Crippen molar-refractivity contribution in [3.05, 3.63) is 47.5 Å². The van der Waals surface area contributed by atoms with Crippen molar-refractivity contribution in [3.8, 4) is 5.69 Å². The largest absolute Gasteiger partial charge is 0.383 e. The van der Waals surface area contributed by atoms with Gasteiger partial charge in [0.1, 0.15) is 5.82 Å². The molecule has 1 N–H and O–H groups in total. The lowest BCUT2D eigenvalue weighted by Crippen LogP contribution is -2.20. The molecule has 0 saturated heterocycles. The predicted octanol–water partition coefficient (Wildman–Crippen LogP) is 2.62. The van der Waals surface area contributed by atoms with E-state index in [2.05, 4.69) is 10.4 Å². The monoisotopic (exact) mass is 289 g/mol. The molecule has 4 nitrogen and oxygen atoms in total. The number of benzene rings is 1. The number of hydrogen-bond donors (Lipinski definition) is 1. The Morgan fingerprint density at radius 3 is 3.00 bits per heavy atom. The van der Waals surface area contributed by atoms with E-state index in [-0.39, 0.29) is 5.82 Å². The predicted molar refractivity (Wildman–Crippen MR) is 79.1 cm³/mol. The van der Waals surface area contributed by atoms with Gasteiger partial charge in [0.15, 0.2) is 0 Å². The van der Waals surface area contributed by atoms with E-state index in [9.17, 15) is 4.39 Å². The van der Waals surface area contributed by atoms with Gasteiger partial charge in [-0.25, -0.2) is 9.07 Å². The van der Waals surface area contributed by atoms with Gasteiger partial charge in [-0.2, -0.15) is 5.10 Å². The van der Waals surface area contributed by atoms with E-state index in [4.69, 9.17) is 4.74 Å². The first-order valence-corrected chi connectivity index (χ1v) is 7.32. The number of aromatic nitrogens is 2. The topological polar surface area (TPSA) is 39.1 Å². The second-order valence-electron chi connectivity index (χ2n) is 5.37. The standard InChI is InChI=1S/C16H20FN3O/c1-21-10-8-18-11-13-14(17)3-2-4-16(13)20-9-7-15(19-20)12-5-6-12/h2-4,7,9,12,18H,5-6,8,10-11H2,1H3. The van der Waals surface area contributed by atoms with E-state index in [0.29, 0.717) is 31.2 Å². The highest BCUT2D eigenvalue weighted by Crippen LogP contribution is 2.39. The smallest absolute Gasteiger partial charge is 0.129 e. The number of rotatable bonds is 7. The number of hydrogen-bond acceptors (Lipinski definition) is 3. The molecule has 3 rings (SSSR count). The first-order valence-electron chi connectivity index (χ1n) is 7.32. The fourth-order valence-electron chi connectivity index (χ4n) is 2.39. The summed E-state index contributed by atoms with van der Waals surface area (Å²) < 4.78 is 20.9. The van der Waals surface area contributed by atoms with Crippen LogP contribution in [0.4, 0.5) is 4.39 Å². The molecule has 112 valence electrons. The van der Waals surface area contributed by atoms with Crippen molar-refractivity contribution in [2.24, 2.45) is 0 Å². The van der Waals surface area contributed by atoms with Gasteiger partial charge in [0, 0.05) is 37.9 Å². The Hall–Kier alpha value is -1.72. The van der Waals surface area contributed by atoms with Crippen molar-refractivity contribution in [3.63, 3.8) is 0 Å². The van der Waals surface area contributed by atoms with E-state index in [1.807, 2.05) is 18.3 Å². The summed E-state index contributed by atoms with van der Waals surface area (Å²) in [5.74, 6) is 0.393. The second-order valence-corrected chi connectivity index (χ2v) is 5.37. The molecule has 0 radical (unpaired) electrons. The van der Waals surface area contributed by atoms with Crippen LogP contribution in [0, 0.1) is 5.82 Å². The summed E-state index contributed by atoms with van der Waals surface area (Å²) in [7, 11) is 1.65. The first-order chi connectivity index (χ1) is 10.3. The lowest BCUT2D eigenvalue weighted by atomic mass is 10.1. The maximum Gasteiger partial charge on any atom is 0.129 e. The molecule has 0 aliphatic heterocycles. The van der Waals surface area contributed by atoms with E-state index in [0.717, 1.165) is 11.4 Å². The van der Waals surface area contributed by atoms with Crippen molar-refractivity contribution < 1.29 is 9.13 Å². The van der Waals surface area contributed by atoms with Crippen molar-refractivity contribution in [1.82, 2.24) is 15.1 Å². The average Bonchev–Trinajstić information content (AvgIpc) is 3.23. The molecule has 1 heterocycles. The number of nitrogens with one attached hydrogen (secondary N) is 1. The van der Waals surface area contributed by atoms with Crippen molar-refractivity contribution in [1.29, 1.82) is 0 Å². The summed E-state index contributed by atoms with van der Waals surface area (Å²) in [5.41, 5.74) is 2.54. The highest BCUT2D eigenvalue weighted by molar-refractivity contribution is 5.41. The molecule has 21 heavy (non-hydrogen) atoms. The van der Waals surface area contributed by atoms with Crippen LogP contribution in [-0.2, 0) is 11.3 Å².